The summed E-state index contributed by atoms with van der Waals surface area (Å²) in [6.45, 7) is -0.470. The van der Waals surface area contributed by atoms with Gasteiger partial charge in [-0.15, -0.1) is 11.3 Å². The number of benzene rings is 1. The second-order valence-corrected chi connectivity index (χ2v) is 7.07. The Morgan fingerprint density at radius 2 is 1.88 bits per heavy atom. The first-order chi connectivity index (χ1) is 12.0. The van der Waals surface area contributed by atoms with Crippen molar-refractivity contribution in [1.82, 2.24) is 10.9 Å². The summed E-state index contributed by atoms with van der Waals surface area (Å²) in [5.74, 6) is -1.65. The summed E-state index contributed by atoms with van der Waals surface area (Å²) in [5.41, 5.74) is 5.97. The molecule has 0 spiro atoms. The molecule has 6 nitrogen and oxygen atoms in total. The Kier molecular flexibility index (Phi) is 5.35. The molecule has 1 aromatic carbocycles. The van der Waals surface area contributed by atoms with Crippen LogP contribution in [-0.2, 0) is 22.4 Å². The fraction of sp³-hybridized carbons (Fsp3) is 0.235. The van der Waals surface area contributed by atoms with Gasteiger partial charge in [0, 0.05) is 15.5 Å². The molecule has 0 radical (unpaired) electrons. The second kappa shape index (κ2) is 7.67. The molecule has 0 saturated carbocycles. The van der Waals surface area contributed by atoms with Crippen LogP contribution in [0, 0.1) is 0 Å². The summed E-state index contributed by atoms with van der Waals surface area (Å²) in [6.07, 6.45) is 3.09. The number of aryl methyl sites for hydroxylation is 2. The van der Waals surface area contributed by atoms with Gasteiger partial charge < -0.3 is 4.74 Å². The van der Waals surface area contributed by atoms with Gasteiger partial charge >= 0.3 is 5.97 Å². The van der Waals surface area contributed by atoms with Crippen molar-refractivity contribution in [2.75, 3.05) is 6.61 Å². The number of carbonyl (C=O) groups is 3. The quantitative estimate of drug-likeness (QED) is 0.632. The van der Waals surface area contributed by atoms with Crippen LogP contribution in [0.3, 0.4) is 0 Å². The molecule has 2 N–H and O–H groups in total. The van der Waals surface area contributed by atoms with E-state index in [0.29, 0.717) is 15.5 Å². The third kappa shape index (κ3) is 4.37. The molecule has 25 heavy (non-hydrogen) atoms. The molecule has 130 valence electrons. The number of esters is 1. The lowest BCUT2D eigenvalue weighted by Crippen LogP contribution is -2.43. The Morgan fingerprint density at radius 3 is 2.60 bits per heavy atom. The molecule has 0 aliphatic heterocycles. The molecule has 1 heterocycles. The third-order valence-corrected chi connectivity index (χ3v) is 5.17. The number of halogens is 1. The van der Waals surface area contributed by atoms with E-state index in [9.17, 15) is 14.4 Å². The van der Waals surface area contributed by atoms with E-state index in [-0.39, 0.29) is 0 Å². The van der Waals surface area contributed by atoms with Crippen molar-refractivity contribution in [2.24, 2.45) is 0 Å². The molecule has 8 heteroatoms. The van der Waals surface area contributed by atoms with Crippen LogP contribution in [0.4, 0.5) is 0 Å². The van der Waals surface area contributed by atoms with Crippen molar-refractivity contribution in [3.63, 3.8) is 0 Å². The number of carbonyl (C=O) groups excluding carboxylic acids is 3. The summed E-state index contributed by atoms with van der Waals surface area (Å²) in [4.78, 5) is 37.2. The maximum atomic E-state index is 12.0. The van der Waals surface area contributed by atoms with Gasteiger partial charge in [-0.05, 0) is 55.2 Å². The molecule has 2 aromatic rings. The van der Waals surface area contributed by atoms with Crippen molar-refractivity contribution < 1.29 is 19.1 Å². The first kappa shape index (κ1) is 17.4. The third-order valence-electron chi connectivity index (χ3n) is 3.70. The van der Waals surface area contributed by atoms with Gasteiger partial charge in [0.05, 0.1) is 0 Å². The van der Waals surface area contributed by atoms with Crippen LogP contribution in [0.15, 0.2) is 30.3 Å². The Bertz CT molecular complexity index is 795. The lowest BCUT2D eigenvalue weighted by molar-refractivity contribution is -0.125. The summed E-state index contributed by atoms with van der Waals surface area (Å²) >= 11 is 7.15. The SMILES string of the molecule is O=C(COC(=O)c1cc2c(s1)CCC2)NNC(=O)c1ccc(Cl)cc1. The van der Waals surface area contributed by atoms with Crippen molar-refractivity contribution in [3.8, 4) is 0 Å². The topological polar surface area (TPSA) is 84.5 Å². The molecular weight excluding hydrogens is 364 g/mol. The van der Waals surface area contributed by atoms with Crippen LogP contribution in [0.1, 0.15) is 36.9 Å². The first-order valence-corrected chi connectivity index (χ1v) is 8.86. The van der Waals surface area contributed by atoms with E-state index in [1.807, 2.05) is 6.07 Å². The maximum absolute atomic E-state index is 12.0. The van der Waals surface area contributed by atoms with Gasteiger partial charge in [0.25, 0.3) is 11.8 Å². The number of nitrogens with one attached hydrogen (secondary N) is 2. The van der Waals surface area contributed by atoms with Gasteiger partial charge in [0.15, 0.2) is 6.61 Å². The first-order valence-electron chi connectivity index (χ1n) is 7.66. The minimum Gasteiger partial charge on any atom is -0.451 e. The lowest BCUT2D eigenvalue weighted by Gasteiger charge is -2.08. The molecule has 1 aliphatic rings. The van der Waals surface area contributed by atoms with Gasteiger partial charge in [-0.3, -0.25) is 20.4 Å². The largest absolute Gasteiger partial charge is 0.451 e. The molecule has 3 rings (SSSR count). The highest BCUT2D eigenvalue weighted by molar-refractivity contribution is 7.14. The van der Waals surface area contributed by atoms with Gasteiger partial charge in [-0.25, -0.2) is 4.79 Å². The van der Waals surface area contributed by atoms with Crippen molar-refractivity contribution in [2.45, 2.75) is 19.3 Å². The number of amides is 2. The molecule has 0 unspecified atom stereocenters. The monoisotopic (exact) mass is 378 g/mol. The van der Waals surface area contributed by atoms with Gasteiger partial charge in [0.2, 0.25) is 0 Å². The zero-order valence-electron chi connectivity index (χ0n) is 13.1. The summed E-state index contributed by atoms with van der Waals surface area (Å²) in [7, 11) is 0. The smallest absolute Gasteiger partial charge is 0.348 e. The van der Waals surface area contributed by atoms with Crippen LogP contribution in [0.2, 0.25) is 5.02 Å². The Morgan fingerprint density at radius 1 is 1.12 bits per heavy atom. The number of ether oxygens (including phenoxy) is 1. The van der Waals surface area contributed by atoms with E-state index in [0.717, 1.165) is 19.3 Å². The van der Waals surface area contributed by atoms with Crippen molar-refractivity contribution >= 4 is 40.7 Å². The molecule has 1 aromatic heterocycles. The molecule has 1 aliphatic carbocycles. The van der Waals surface area contributed by atoms with Gasteiger partial charge in [-0.1, -0.05) is 11.6 Å². The molecule has 2 amide bonds. The summed E-state index contributed by atoms with van der Waals surface area (Å²) in [6, 6.07) is 8.02. The number of hydrogen-bond acceptors (Lipinski definition) is 5. The van der Waals surface area contributed by atoms with Crippen LogP contribution in [0.5, 0.6) is 0 Å². The molecule has 0 saturated heterocycles. The predicted octanol–water partition coefficient (Wildman–Crippen LogP) is 2.51. The average molecular weight is 379 g/mol. The predicted molar refractivity (Wildman–Crippen MR) is 93.7 cm³/mol. The van der Waals surface area contributed by atoms with Crippen LogP contribution in [-0.4, -0.2) is 24.4 Å². The fourth-order valence-corrected chi connectivity index (χ4v) is 3.74. The van der Waals surface area contributed by atoms with Crippen molar-refractivity contribution in [3.05, 3.63) is 56.2 Å². The normalized spacial score (nSPS) is 12.4. The Labute approximate surface area is 153 Å². The zero-order valence-corrected chi connectivity index (χ0v) is 14.7. The van der Waals surface area contributed by atoms with Crippen molar-refractivity contribution in [1.29, 1.82) is 0 Å². The van der Waals surface area contributed by atoms with E-state index in [4.69, 9.17) is 16.3 Å². The average Bonchev–Trinajstić information content (AvgIpc) is 3.20. The number of rotatable bonds is 4. The number of hydrogen-bond donors (Lipinski definition) is 2. The molecule has 0 atom stereocenters. The summed E-state index contributed by atoms with van der Waals surface area (Å²) in [5, 5.41) is 0.507. The van der Waals surface area contributed by atoms with E-state index in [2.05, 4.69) is 10.9 Å². The molecule has 0 bridgehead atoms. The van der Waals surface area contributed by atoms with Crippen LogP contribution >= 0.6 is 22.9 Å². The minimum absolute atomic E-state index is 0.342. The minimum atomic E-state index is -0.625. The number of hydrazine groups is 1. The zero-order chi connectivity index (χ0) is 17.8. The van der Waals surface area contributed by atoms with Gasteiger partial charge in [-0.2, -0.15) is 0 Å². The van der Waals surface area contributed by atoms with E-state index in [1.54, 1.807) is 12.1 Å². The molecular formula is C17H15ClN2O4S. The molecule has 0 fully saturated rings. The van der Waals surface area contributed by atoms with Crippen LogP contribution in [0.25, 0.3) is 0 Å². The van der Waals surface area contributed by atoms with E-state index < -0.39 is 24.4 Å². The van der Waals surface area contributed by atoms with E-state index >= 15 is 0 Å². The fourth-order valence-electron chi connectivity index (χ4n) is 2.47. The highest BCUT2D eigenvalue weighted by atomic mass is 35.5. The highest BCUT2D eigenvalue weighted by Crippen LogP contribution is 2.30. The Balaban J connectivity index is 1.43. The second-order valence-electron chi connectivity index (χ2n) is 5.50. The summed E-state index contributed by atoms with van der Waals surface area (Å²) < 4.78 is 4.97. The van der Waals surface area contributed by atoms with Crippen LogP contribution < -0.4 is 10.9 Å². The number of thiophene rings is 1. The maximum Gasteiger partial charge on any atom is 0.348 e. The Hall–Kier alpha value is -2.38. The highest BCUT2D eigenvalue weighted by Gasteiger charge is 2.20. The standard InChI is InChI=1S/C17H15ClN2O4S/c18-12-6-4-10(5-7-12)16(22)20-19-15(21)9-24-17(23)14-8-11-2-1-3-13(11)25-14/h4-8H,1-3,9H2,(H,19,21)(H,20,22). The van der Waals surface area contributed by atoms with Gasteiger partial charge in [0.1, 0.15) is 4.88 Å². The van der Waals surface area contributed by atoms with E-state index in [1.165, 1.54) is 33.9 Å². The number of fused-ring (bicyclic) bond motifs is 1. The lowest BCUT2D eigenvalue weighted by atomic mass is 10.2.